The van der Waals surface area contributed by atoms with E-state index in [1.807, 2.05) is 0 Å². The van der Waals surface area contributed by atoms with Gasteiger partial charge in [0.2, 0.25) is 0 Å². The fourth-order valence-corrected chi connectivity index (χ4v) is 5.90. The molecule has 4 rings (SSSR count). The number of ether oxygens (including phenoxy) is 2. The molecule has 2 fully saturated rings. The standard InChI is InChI=1S/C28H32F6O2/c1-2-18-3-5-19(6-4-18)20-7-9-21(10-8-20)22-11-13-23(14-12-22)27(30,31)35-24-15-16-26(25(29)17-24)36-28(32,33)34/h11-21H,2-10H2,1H3. The van der Waals surface area contributed by atoms with E-state index < -0.39 is 35.4 Å². The van der Waals surface area contributed by atoms with E-state index in [4.69, 9.17) is 0 Å². The highest BCUT2D eigenvalue weighted by atomic mass is 19.4. The summed E-state index contributed by atoms with van der Waals surface area (Å²) in [5.41, 5.74) is 0.603. The Morgan fingerprint density at radius 2 is 1.33 bits per heavy atom. The van der Waals surface area contributed by atoms with Gasteiger partial charge >= 0.3 is 12.5 Å². The zero-order valence-electron chi connectivity index (χ0n) is 20.3. The molecule has 2 aromatic carbocycles. The third kappa shape index (κ3) is 6.68. The molecule has 0 radical (unpaired) electrons. The second-order valence-electron chi connectivity index (χ2n) is 10.2. The minimum absolute atomic E-state index is 0.340. The van der Waals surface area contributed by atoms with Gasteiger partial charge in [-0.2, -0.15) is 8.78 Å². The summed E-state index contributed by atoms with van der Waals surface area (Å²) in [4.78, 5) is 0. The molecular formula is C28H32F6O2. The van der Waals surface area contributed by atoms with Gasteiger partial charge in [0.15, 0.2) is 11.6 Å². The fourth-order valence-electron chi connectivity index (χ4n) is 5.90. The first-order valence-electron chi connectivity index (χ1n) is 12.8. The Bertz CT molecular complexity index is 988. The predicted molar refractivity (Wildman–Crippen MR) is 124 cm³/mol. The Labute approximate surface area is 208 Å². The van der Waals surface area contributed by atoms with E-state index in [-0.39, 0.29) is 0 Å². The number of hydrogen-bond donors (Lipinski definition) is 0. The van der Waals surface area contributed by atoms with Crippen LogP contribution in [0, 0.1) is 23.6 Å². The maximum absolute atomic E-state index is 14.7. The molecule has 2 aromatic rings. The molecule has 8 heteroatoms. The van der Waals surface area contributed by atoms with Crippen molar-refractivity contribution in [1.82, 2.24) is 0 Å². The van der Waals surface area contributed by atoms with E-state index in [9.17, 15) is 26.3 Å². The molecule has 0 amide bonds. The first kappa shape index (κ1) is 26.7. The van der Waals surface area contributed by atoms with Gasteiger partial charge in [0.05, 0.1) is 5.56 Å². The van der Waals surface area contributed by atoms with E-state index in [1.54, 1.807) is 12.1 Å². The van der Waals surface area contributed by atoms with Gasteiger partial charge in [-0.05, 0) is 92.0 Å². The predicted octanol–water partition coefficient (Wildman–Crippen LogP) is 9.34. The Morgan fingerprint density at radius 1 is 0.750 bits per heavy atom. The average molecular weight is 515 g/mol. The lowest BCUT2D eigenvalue weighted by Crippen LogP contribution is -2.25. The maximum atomic E-state index is 14.7. The lowest BCUT2D eigenvalue weighted by Gasteiger charge is -2.38. The van der Waals surface area contributed by atoms with Crippen molar-refractivity contribution in [2.75, 3.05) is 0 Å². The van der Waals surface area contributed by atoms with Crippen molar-refractivity contribution in [2.24, 2.45) is 17.8 Å². The molecule has 36 heavy (non-hydrogen) atoms. The fraction of sp³-hybridized carbons (Fsp3) is 0.571. The van der Waals surface area contributed by atoms with Crippen molar-refractivity contribution in [3.63, 3.8) is 0 Å². The van der Waals surface area contributed by atoms with E-state index in [0.29, 0.717) is 18.1 Å². The molecule has 2 aliphatic rings. The Kier molecular flexibility index (Phi) is 8.10. The van der Waals surface area contributed by atoms with Crippen molar-refractivity contribution >= 4 is 0 Å². The van der Waals surface area contributed by atoms with Gasteiger partial charge in [-0.3, -0.25) is 0 Å². The van der Waals surface area contributed by atoms with Gasteiger partial charge in [-0.15, -0.1) is 13.2 Å². The van der Waals surface area contributed by atoms with Crippen LogP contribution in [0.1, 0.15) is 81.8 Å². The molecule has 0 aromatic heterocycles. The first-order chi connectivity index (χ1) is 17.0. The highest BCUT2D eigenvalue weighted by molar-refractivity contribution is 5.34. The number of benzene rings is 2. The number of alkyl halides is 5. The van der Waals surface area contributed by atoms with Crippen molar-refractivity contribution < 1.29 is 35.8 Å². The molecular weight excluding hydrogens is 482 g/mol. The zero-order chi connectivity index (χ0) is 25.9. The minimum Gasteiger partial charge on any atom is -0.429 e. The van der Waals surface area contributed by atoms with Crippen LogP contribution >= 0.6 is 0 Å². The topological polar surface area (TPSA) is 18.5 Å². The Balaban J connectivity index is 1.33. The number of rotatable bonds is 7. The minimum atomic E-state index is -5.09. The summed E-state index contributed by atoms with van der Waals surface area (Å²) in [6, 6.07) is 7.81. The van der Waals surface area contributed by atoms with E-state index in [1.165, 1.54) is 57.1 Å². The van der Waals surface area contributed by atoms with E-state index in [2.05, 4.69) is 16.4 Å². The summed E-state index contributed by atoms with van der Waals surface area (Å²) in [6.45, 7) is 2.28. The normalized spacial score (nSPS) is 25.4. The molecule has 0 heterocycles. The molecule has 0 bridgehead atoms. The summed E-state index contributed by atoms with van der Waals surface area (Å²) < 4.78 is 88.1. The molecule has 0 spiro atoms. The van der Waals surface area contributed by atoms with Crippen LogP contribution in [0.4, 0.5) is 26.3 Å². The van der Waals surface area contributed by atoms with Gasteiger partial charge in [0.25, 0.3) is 0 Å². The van der Waals surface area contributed by atoms with Gasteiger partial charge in [0, 0.05) is 6.07 Å². The van der Waals surface area contributed by atoms with Crippen LogP contribution in [0.2, 0.25) is 0 Å². The number of hydrogen-bond acceptors (Lipinski definition) is 2. The molecule has 0 saturated heterocycles. The third-order valence-electron chi connectivity index (χ3n) is 8.00. The van der Waals surface area contributed by atoms with Crippen LogP contribution in [0.15, 0.2) is 42.5 Å². The summed E-state index contributed by atoms with van der Waals surface area (Å²) in [5.74, 6) is -0.361. The SMILES string of the molecule is CCC1CCC(C2CCC(c3ccc(C(F)(F)Oc4ccc(OC(F)(F)F)c(F)c4)cc3)CC2)CC1. The second-order valence-corrected chi connectivity index (χ2v) is 10.2. The lowest BCUT2D eigenvalue weighted by molar-refractivity contribution is -0.275. The van der Waals surface area contributed by atoms with Gasteiger partial charge in [-0.1, -0.05) is 38.3 Å². The van der Waals surface area contributed by atoms with Crippen molar-refractivity contribution in [1.29, 1.82) is 0 Å². The summed E-state index contributed by atoms with van der Waals surface area (Å²) in [7, 11) is 0. The van der Waals surface area contributed by atoms with Crippen LogP contribution in [0.3, 0.4) is 0 Å². The summed E-state index contributed by atoms with van der Waals surface area (Å²) in [6.07, 6.45) is 2.20. The van der Waals surface area contributed by atoms with Crippen LogP contribution in [-0.2, 0) is 6.11 Å². The monoisotopic (exact) mass is 514 g/mol. The maximum Gasteiger partial charge on any atom is 0.573 e. The van der Waals surface area contributed by atoms with Crippen LogP contribution in [0.5, 0.6) is 11.5 Å². The Morgan fingerprint density at radius 3 is 1.86 bits per heavy atom. The molecule has 2 aliphatic carbocycles. The average Bonchev–Trinajstić information content (AvgIpc) is 2.85. The van der Waals surface area contributed by atoms with E-state index >= 15 is 0 Å². The molecule has 0 N–H and O–H groups in total. The van der Waals surface area contributed by atoms with Gasteiger partial charge in [0.1, 0.15) is 5.75 Å². The first-order valence-corrected chi connectivity index (χ1v) is 12.8. The molecule has 2 saturated carbocycles. The van der Waals surface area contributed by atoms with Gasteiger partial charge < -0.3 is 9.47 Å². The van der Waals surface area contributed by atoms with Crippen LogP contribution < -0.4 is 9.47 Å². The van der Waals surface area contributed by atoms with Crippen LogP contribution in [0.25, 0.3) is 0 Å². The van der Waals surface area contributed by atoms with Crippen molar-refractivity contribution in [3.8, 4) is 11.5 Å². The molecule has 0 atom stereocenters. The third-order valence-corrected chi connectivity index (χ3v) is 8.00. The van der Waals surface area contributed by atoms with Crippen LogP contribution in [-0.4, -0.2) is 6.36 Å². The highest BCUT2D eigenvalue weighted by Gasteiger charge is 2.36. The lowest BCUT2D eigenvalue weighted by atomic mass is 9.68. The van der Waals surface area contributed by atoms with E-state index in [0.717, 1.165) is 42.2 Å². The second kappa shape index (κ2) is 10.9. The van der Waals surface area contributed by atoms with Crippen molar-refractivity contribution in [2.45, 2.75) is 83.1 Å². The largest absolute Gasteiger partial charge is 0.573 e. The molecule has 0 unspecified atom stereocenters. The quantitative estimate of drug-likeness (QED) is 0.343. The smallest absolute Gasteiger partial charge is 0.429 e. The Hall–Kier alpha value is -2.38. The zero-order valence-corrected chi connectivity index (χ0v) is 20.3. The highest BCUT2D eigenvalue weighted by Crippen LogP contribution is 2.44. The van der Waals surface area contributed by atoms with Crippen molar-refractivity contribution in [3.05, 3.63) is 59.4 Å². The molecule has 0 aliphatic heterocycles. The summed E-state index contributed by atoms with van der Waals surface area (Å²) in [5, 5.41) is 0. The molecule has 2 nitrogen and oxygen atoms in total. The number of halogens is 6. The van der Waals surface area contributed by atoms with Gasteiger partial charge in [-0.25, -0.2) is 4.39 Å². The molecule has 198 valence electrons. The summed E-state index contributed by atoms with van der Waals surface area (Å²) >= 11 is 0.